The van der Waals surface area contributed by atoms with Crippen molar-refractivity contribution in [1.82, 2.24) is 5.43 Å². The molecule has 0 saturated carbocycles. The van der Waals surface area contributed by atoms with Gasteiger partial charge in [-0.15, -0.1) is 0 Å². The van der Waals surface area contributed by atoms with E-state index < -0.39 is 11.9 Å². The maximum Gasteiger partial charge on any atom is 0.335 e. The first-order valence-corrected chi connectivity index (χ1v) is 5.04. The Bertz CT molecular complexity index is 652. The van der Waals surface area contributed by atoms with E-state index in [-0.39, 0.29) is 16.9 Å². The van der Waals surface area contributed by atoms with Crippen molar-refractivity contribution in [2.45, 2.75) is 0 Å². The molecule has 0 heterocycles. The second-order valence-electron chi connectivity index (χ2n) is 3.71. The highest BCUT2D eigenvalue weighted by atomic mass is 16.4. The molecule has 0 bridgehead atoms. The van der Waals surface area contributed by atoms with E-state index in [2.05, 4.69) is 0 Å². The summed E-state index contributed by atoms with van der Waals surface area (Å²) in [5.74, 6) is 3.07. The Balaban J connectivity index is 2.66. The predicted molar refractivity (Wildman–Crippen MR) is 64.2 cm³/mol. The molecule has 2 rings (SSSR count). The number of phenolic OH excluding ortho intramolecular Hbond substituents is 1. The van der Waals surface area contributed by atoms with Gasteiger partial charge in [-0.3, -0.25) is 10.2 Å². The maximum absolute atomic E-state index is 11.4. The van der Waals surface area contributed by atoms with E-state index in [9.17, 15) is 14.7 Å². The van der Waals surface area contributed by atoms with Crippen molar-refractivity contribution in [3.63, 3.8) is 0 Å². The molecule has 6 nitrogen and oxygen atoms in total. The molecule has 0 unspecified atom stereocenters. The zero-order valence-corrected chi connectivity index (χ0v) is 9.18. The highest BCUT2D eigenvalue weighted by Gasteiger charge is 2.12. The lowest BCUT2D eigenvalue weighted by molar-refractivity contribution is 0.0696. The van der Waals surface area contributed by atoms with Gasteiger partial charge in [0.1, 0.15) is 5.75 Å². The first-order valence-electron chi connectivity index (χ1n) is 5.04. The Morgan fingerprint density at radius 2 is 1.83 bits per heavy atom. The van der Waals surface area contributed by atoms with E-state index in [1.165, 1.54) is 24.3 Å². The minimum absolute atomic E-state index is 0.00691. The van der Waals surface area contributed by atoms with Crippen LogP contribution in [0, 0.1) is 0 Å². The number of nitrogens with two attached hydrogens (primary N) is 1. The summed E-state index contributed by atoms with van der Waals surface area (Å²) >= 11 is 0. The van der Waals surface area contributed by atoms with Crippen molar-refractivity contribution in [3.05, 3.63) is 41.5 Å². The van der Waals surface area contributed by atoms with Gasteiger partial charge in [-0.1, -0.05) is 6.07 Å². The van der Waals surface area contributed by atoms with Crippen LogP contribution < -0.4 is 11.3 Å². The fourth-order valence-electron chi connectivity index (χ4n) is 1.68. The van der Waals surface area contributed by atoms with Crippen molar-refractivity contribution in [3.8, 4) is 5.75 Å². The van der Waals surface area contributed by atoms with Crippen LogP contribution in [-0.4, -0.2) is 22.1 Å². The van der Waals surface area contributed by atoms with Crippen molar-refractivity contribution in [1.29, 1.82) is 0 Å². The lowest BCUT2D eigenvalue weighted by atomic mass is 10.0. The number of hydrazine groups is 1. The van der Waals surface area contributed by atoms with Gasteiger partial charge in [-0.2, -0.15) is 0 Å². The number of fused-ring (bicyclic) bond motifs is 1. The number of carbonyl (C=O) groups excluding carboxylic acids is 1. The number of rotatable bonds is 2. The number of phenols is 1. The Hall–Kier alpha value is -2.60. The van der Waals surface area contributed by atoms with Crippen LogP contribution in [0.15, 0.2) is 30.3 Å². The number of carboxylic acids is 1. The van der Waals surface area contributed by atoms with Crippen molar-refractivity contribution in [2.75, 3.05) is 0 Å². The van der Waals surface area contributed by atoms with Crippen LogP contribution in [0.4, 0.5) is 0 Å². The van der Waals surface area contributed by atoms with E-state index in [1.807, 2.05) is 5.43 Å². The number of benzene rings is 2. The standard InChI is InChI=1S/C12H10N2O4/c13-14-11(16)9-4-8-3-7(12(17)18)2-1-6(8)5-10(9)15/h1-5,15H,13H2,(H,14,16)(H,17,18). The molecule has 2 aromatic carbocycles. The number of hydrogen-bond acceptors (Lipinski definition) is 4. The number of nitrogen functional groups attached to an aromatic ring is 1. The SMILES string of the molecule is NNC(=O)c1cc2cc(C(=O)O)ccc2cc1O. The summed E-state index contributed by atoms with van der Waals surface area (Å²) in [4.78, 5) is 22.2. The highest BCUT2D eigenvalue weighted by molar-refractivity contribution is 6.02. The number of hydrogen-bond donors (Lipinski definition) is 4. The maximum atomic E-state index is 11.4. The number of amides is 1. The number of carbonyl (C=O) groups is 2. The minimum atomic E-state index is -1.06. The number of aromatic carboxylic acids is 1. The van der Waals surface area contributed by atoms with Gasteiger partial charge in [0.2, 0.25) is 0 Å². The van der Waals surface area contributed by atoms with Gasteiger partial charge in [0.15, 0.2) is 0 Å². The first kappa shape index (κ1) is 11.9. The average Bonchev–Trinajstić information content (AvgIpc) is 2.36. The summed E-state index contributed by atoms with van der Waals surface area (Å²) in [5, 5.41) is 19.7. The third-order valence-electron chi connectivity index (χ3n) is 2.58. The number of aromatic hydroxyl groups is 1. The molecular formula is C12H10N2O4. The topological polar surface area (TPSA) is 113 Å². The molecule has 0 aliphatic heterocycles. The molecule has 0 radical (unpaired) electrons. The van der Waals surface area contributed by atoms with Crippen LogP contribution in [0.3, 0.4) is 0 Å². The van der Waals surface area contributed by atoms with Gasteiger partial charge in [-0.25, -0.2) is 10.6 Å². The number of carboxylic acid groups (broad SMARTS) is 1. The zero-order valence-electron chi connectivity index (χ0n) is 9.18. The van der Waals surface area contributed by atoms with Crippen LogP contribution in [0.2, 0.25) is 0 Å². The van der Waals surface area contributed by atoms with Crippen molar-refractivity contribution >= 4 is 22.6 Å². The summed E-state index contributed by atoms with van der Waals surface area (Å²) in [6, 6.07) is 7.17. The zero-order chi connectivity index (χ0) is 13.3. The third kappa shape index (κ3) is 1.96. The van der Waals surface area contributed by atoms with E-state index >= 15 is 0 Å². The van der Waals surface area contributed by atoms with Crippen LogP contribution in [0.5, 0.6) is 5.75 Å². The molecule has 0 spiro atoms. The Morgan fingerprint density at radius 1 is 1.11 bits per heavy atom. The lowest BCUT2D eigenvalue weighted by Gasteiger charge is -2.06. The molecule has 92 valence electrons. The molecule has 0 aliphatic carbocycles. The smallest absolute Gasteiger partial charge is 0.335 e. The number of nitrogens with one attached hydrogen (secondary N) is 1. The van der Waals surface area contributed by atoms with Gasteiger partial charge in [0, 0.05) is 0 Å². The van der Waals surface area contributed by atoms with Gasteiger partial charge in [0.25, 0.3) is 5.91 Å². The van der Waals surface area contributed by atoms with E-state index in [0.29, 0.717) is 10.8 Å². The van der Waals surface area contributed by atoms with Crippen LogP contribution in [0.25, 0.3) is 10.8 Å². The van der Waals surface area contributed by atoms with Crippen LogP contribution in [-0.2, 0) is 0 Å². The molecule has 2 aromatic rings. The fraction of sp³-hybridized carbons (Fsp3) is 0. The van der Waals surface area contributed by atoms with E-state index in [4.69, 9.17) is 10.9 Å². The second-order valence-corrected chi connectivity index (χ2v) is 3.71. The summed E-state index contributed by atoms with van der Waals surface area (Å²) in [6.45, 7) is 0. The fourth-order valence-corrected chi connectivity index (χ4v) is 1.68. The third-order valence-corrected chi connectivity index (χ3v) is 2.58. The molecule has 18 heavy (non-hydrogen) atoms. The first-order chi connectivity index (χ1) is 8.52. The van der Waals surface area contributed by atoms with Gasteiger partial charge < -0.3 is 10.2 Å². The largest absolute Gasteiger partial charge is 0.507 e. The van der Waals surface area contributed by atoms with Gasteiger partial charge in [-0.05, 0) is 35.0 Å². The average molecular weight is 246 g/mol. The summed E-state index contributed by atoms with van der Waals surface area (Å²) < 4.78 is 0. The summed E-state index contributed by atoms with van der Waals surface area (Å²) in [7, 11) is 0. The molecule has 0 fully saturated rings. The van der Waals surface area contributed by atoms with E-state index in [1.54, 1.807) is 6.07 Å². The van der Waals surface area contributed by atoms with Gasteiger partial charge >= 0.3 is 5.97 Å². The molecule has 5 N–H and O–H groups in total. The van der Waals surface area contributed by atoms with E-state index in [0.717, 1.165) is 0 Å². The quantitative estimate of drug-likeness (QED) is 0.356. The lowest BCUT2D eigenvalue weighted by Crippen LogP contribution is -2.30. The normalized spacial score (nSPS) is 10.3. The molecule has 0 saturated heterocycles. The molecule has 6 heteroatoms. The van der Waals surface area contributed by atoms with Gasteiger partial charge in [0.05, 0.1) is 11.1 Å². The van der Waals surface area contributed by atoms with Crippen molar-refractivity contribution in [2.24, 2.45) is 5.84 Å². The Labute approximate surface area is 102 Å². The predicted octanol–water partition coefficient (Wildman–Crippen LogP) is 0.847. The van der Waals surface area contributed by atoms with Crippen molar-refractivity contribution < 1.29 is 19.8 Å². The molecule has 0 aliphatic rings. The highest BCUT2D eigenvalue weighted by Crippen LogP contribution is 2.25. The summed E-state index contributed by atoms with van der Waals surface area (Å²) in [6.07, 6.45) is 0. The van der Waals surface area contributed by atoms with Crippen LogP contribution >= 0.6 is 0 Å². The Morgan fingerprint density at radius 3 is 2.44 bits per heavy atom. The molecule has 1 amide bonds. The minimum Gasteiger partial charge on any atom is -0.507 e. The summed E-state index contributed by atoms with van der Waals surface area (Å²) in [5.41, 5.74) is 2.01. The molecule has 0 atom stereocenters. The molecule has 0 aromatic heterocycles. The monoisotopic (exact) mass is 246 g/mol. The second kappa shape index (κ2) is 4.34. The Kier molecular flexibility index (Phi) is 2.86. The van der Waals surface area contributed by atoms with Crippen LogP contribution in [0.1, 0.15) is 20.7 Å². The molecular weight excluding hydrogens is 236 g/mol.